The van der Waals surface area contributed by atoms with Gasteiger partial charge in [0.05, 0.1) is 10.6 Å². The molecular formula is C34H41N3O6S. The number of benzene rings is 3. The first-order chi connectivity index (χ1) is 21.3. The van der Waals surface area contributed by atoms with Gasteiger partial charge in [0, 0.05) is 18.7 Å². The zero-order valence-electron chi connectivity index (χ0n) is 25.4. The van der Waals surface area contributed by atoms with E-state index >= 15 is 0 Å². The Bertz CT molecular complexity index is 1560. The molecule has 234 valence electrons. The quantitative estimate of drug-likeness (QED) is 0.316. The highest BCUT2D eigenvalue weighted by Crippen LogP contribution is 2.36. The molecular weight excluding hydrogens is 578 g/mol. The first-order valence-electron chi connectivity index (χ1n) is 15.4. The van der Waals surface area contributed by atoms with E-state index in [4.69, 9.17) is 9.47 Å². The van der Waals surface area contributed by atoms with Crippen LogP contribution in [0.25, 0.3) is 0 Å². The largest absolute Gasteiger partial charge is 0.486 e. The van der Waals surface area contributed by atoms with Crippen LogP contribution in [0, 0.1) is 6.92 Å². The van der Waals surface area contributed by atoms with Crippen LogP contribution in [0.4, 0.5) is 5.69 Å². The van der Waals surface area contributed by atoms with Crippen molar-refractivity contribution in [2.45, 2.75) is 75.9 Å². The summed E-state index contributed by atoms with van der Waals surface area (Å²) >= 11 is 0. The molecule has 2 amide bonds. The maximum atomic E-state index is 14.4. The Hall–Kier alpha value is -4.05. The maximum Gasteiger partial charge on any atom is 0.264 e. The number of fused-ring (bicyclic) bond motifs is 1. The van der Waals surface area contributed by atoms with E-state index < -0.39 is 28.5 Å². The van der Waals surface area contributed by atoms with Gasteiger partial charge in [-0.3, -0.25) is 13.9 Å². The van der Waals surface area contributed by atoms with Crippen molar-refractivity contribution in [1.29, 1.82) is 0 Å². The molecule has 1 saturated carbocycles. The summed E-state index contributed by atoms with van der Waals surface area (Å²) in [5.74, 6) is 0.228. The lowest BCUT2D eigenvalue weighted by atomic mass is 9.95. The fraction of sp³-hybridized carbons (Fsp3) is 0.412. The van der Waals surface area contributed by atoms with Crippen molar-refractivity contribution in [3.05, 3.63) is 83.9 Å². The highest BCUT2D eigenvalue weighted by Gasteiger charge is 2.35. The van der Waals surface area contributed by atoms with Gasteiger partial charge in [-0.25, -0.2) is 8.42 Å². The highest BCUT2D eigenvalue weighted by atomic mass is 32.2. The Kier molecular flexibility index (Phi) is 10.1. The van der Waals surface area contributed by atoms with E-state index in [9.17, 15) is 18.0 Å². The van der Waals surface area contributed by atoms with Gasteiger partial charge < -0.3 is 19.7 Å². The van der Waals surface area contributed by atoms with Crippen LogP contribution in [0.3, 0.4) is 0 Å². The number of nitrogens with zero attached hydrogens (tertiary/aromatic N) is 2. The number of amides is 2. The number of aryl methyl sites for hydroxylation is 1. The summed E-state index contributed by atoms with van der Waals surface area (Å²) in [7, 11) is -4.18. The summed E-state index contributed by atoms with van der Waals surface area (Å²) in [6.45, 7) is 4.23. The number of carbonyl (C=O) groups is 2. The van der Waals surface area contributed by atoms with Crippen LogP contribution in [0.15, 0.2) is 77.7 Å². The second kappa shape index (κ2) is 14.2. The van der Waals surface area contributed by atoms with Gasteiger partial charge >= 0.3 is 0 Å². The van der Waals surface area contributed by atoms with Gasteiger partial charge in [-0.05, 0) is 61.6 Å². The summed E-state index contributed by atoms with van der Waals surface area (Å²) in [4.78, 5) is 29.7. The molecule has 2 aliphatic rings. The Morgan fingerprint density at radius 1 is 0.909 bits per heavy atom. The molecule has 0 radical (unpaired) electrons. The lowest BCUT2D eigenvalue weighted by molar-refractivity contribution is -0.140. The number of carbonyl (C=O) groups excluding carboxylic acids is 2. The molecule has 3 aromatic rings. The van der Waals surface area contributed by atoms with E-state index in [1.807, 2.05) is 38.1 Å². The van der Waals surface area contributed by atoms with Gasteiger partial charge in [0.1, 0.15) is 25.8 Å². The summed E-state index contributed by atoms with van der Waals surface area (Å²) in [6, 6.07) is 19.9. The third kappa shape index (κ3) is 7.18. The van der Waals surface area contributed by atoms with Crippen molar-refractivity contribution >= 4 is 27.5 Å². The summed E-state index contributed by atoms with van der Waals surface area (Å²) in [6.07, 6.45) is 5.51. The molecule has 1 atom stereocenters. The Morgan fingerprint density at radius 3 is 2.30 bits per heavy atom. The second-order valence-electron chi connectivity index (χ2n) is 11.4. The van der Waals surface area contributed by atoms with Gasteiger partial charge in [0.15, 0.2) is 11.5 Å². The molecule has 1 N–H and O–H groups in total. The third-order valence-electron chi connectivity index (χ3n) is 8.36. The normalized spacial score (nSPS) is 15.7. The zero-order valence-corrected chi connectivity index (χ0v) is 26.2. The van der Waals surface area contributed by atoms with Crippen molar-refractivity contribution < 1.29 is 27.5 Å². The van der Waals surface area contributed by atoms with E-state index in [1.54, 1.807) is 36.4 Å². The molecule has 0 aromatic heterocycles. The molecule has 0 saturated heterocycles. The monoisotopic (exact) mass is 619 g/mol. The van der Waals surface area contributed by atoms with E-state index in [0.717, 1.165) is 47.5 Å². The molecule has 10 heteroatoms. The molecule has 0 bridgehead atoms. The number of anilines is 1. The van der Waals surface area contributed by atoms with Gasteiger partial charge in [0.25, 0.3) is 10.0 Å². The van der Waals surface area contributed by atoms with E-state index in [-0.39, 0.29) is 29.1 Å². The van der Waals surface area contributed by atoms with E-state index in [2.05, 4.69) is 5.32 Å². The van der Waals surface area contributed by atoms with Crippen molar-refractivity contribution in [2.75, 3.05) is 24.1 Å². The SMILES string of the molecule is CC[C@H](C(=O)NC1CCCCC1)N(Cc1ccccc1C)C(=O)CN(c1ccc2c(c1)OCCO2)S(=O)(=O)c1ccccc1. The summed E-state index contributed by atoms with van der Waals surface area (Å²) < 4.78 is 40.7. The Balaban J connectivity index is 1.51. The van der Waals surface area contributed by atoms with Gasteiger partial charge in [-0.2, -0.15) is 0 Å². The predicted octanol–water partition coefficient (Wildman–Crippen LogP) is 5.22. The number of nitrogens with one attached hydrogen (secondary N) is 1. The molecule has 0 spiro atoms. The van der Waals surface area contributed by atoms with Gasteiger partial charge in [-0.1, -0.05) is 68.7 Å². The second-order valence-corrected chi connectivity index (χ2v) is 13.2. The standard InChI is InChI=1S/C34H41N3O6S/c1-3-30(34(39)35-27-14-6-4-7-15-27)36(23-26-13-11-10-12-25(26)2)33(38)24-37(44(40,41)29-16-8-5-9-17-29)28-18-19-31-32(22-28)43-21-20-42-31/h5,8-13,16-19,22,27,30H,3-4,6-7,14-15,20-21,23-24H2,1-2H3,(H,35,39)/t30-/m1/s1. The average Bonchev–Trinajstić information content (AvgIpc) is 3.05. The number of hydrogen-bond acceptors (Lipinski definition) is 6. The Morgan fingerprint density at radius 2 is 1.59 bits per heavy atom. The summed E-state index contributed by atoms with van der Waals surface area (Å²) in [5.41, 5.74) is 2.14. The van der Waals surface area contributed by atoms with Crippen molar-refractivity contribution in [1.82, 2.24) is 10.2 Å². The van der Waals surface area contributed by atoms with Crippen molar-refractivity contribution in [3.63, 3.8) is 0 Å². The number of rotatable bonds is 11. The smallest absolute Gasteiger partial charge is 0.264 e. The minimum atomic E-state index is -4.18. The number of sulfonamides is 1. The van der Waals surface area contributed by atoms with E-state index in [1.165, 1.54) is 17.0 Å². The molecule has 3 aromatic carbocycles. The minimum absolute atomic E-state index is 0.0511. The average molecular weight is 620 g/mol. The minimum Gasteiger partial charge on any atom is -0.486 e. The predicted molar refractivity (Wildman–Crippen MR) is 169 cm³/mol. The lowest BCUT2D eigenvalue weighted by Crippen LogP contribution is -2.54. The first kappa shape index (κ1) is 31.4. The van der Waals surface area contributed by atoms with Crippen LogP contribution in [-0.4, -0.2) is 57.0 Å². The fourth-order valence-electron chi connectivity index (χ4n) is 5.87. The fourth-order valence-corrected chi connectivity index (χ4v) is 7.30. The van der Waals surface area contributed by atoms with Crippen LogP contribution < -0.4 is 19.1 Å². The zero-order chi connectivity index (χ0) is 31.1. The van der Waals surface area contributed by atoms with Crippen molar-refractivity contribution in [2.24, 2.45) is 0 Å². The number of ether oxygens (including phenoxy) is 2. The lowest BCUT2D eigenvalue weighted by Gasteiger charge is -2.35. The molecule has 1 heterocycles. The van der Waals surface area contributed by atoms with Crippen molar-refractivity contribution in [3.8, 4) is 11.5 Å². The molecule has 1 fully saturated rings. The van der Waals surface area contributed by atoms with E-state index in [0.29, 0.717) is 31.1 Å². The Labute approximate surface area is 260 Å². The van der Waals surface area contributed by atoms with Gasteiger partial charge in [-0.15, -0.1) is 0 Å². The summed E-state index contributed by atoms with van der Waals surface area (Å²) in [5, 5.41) is 3.19. The first-order valence-corrected chi connectivity index (χ1v) is 16.8. The van der Waals surface area contributed by atoms with Crippen LogP contribution in [0.1, 0.15) is 56.6 Å². The molecule has 1 aliphatic carbocycles. The van der Waals surface area contributed by atoms with Crippen LogP contribution in [-0.2, 0) is 26.2 Å². The van der Waals surface area contributed by atoms with Crippen LogP contribution in [0.2, 0.25) is 0 Å². The highest BCUT2D eigenvalue weighted by molar-refractivity contribution is 7.92. The molecule has 0 unspecified atom stereocenters. The topological polar surface area (TPSA) is 105 Å². The molecule has 44 heavy (non-hydrogen) atoms. The molecule has 9 nitrogen and oxygen atoms in total. The van der Waals surface area contributed by atoms with Crippen LogP contribution in [0.5, 0.6) is 11.5 Å². The molecule has 5 rings (SSSR count). The molecule has 1 aliphatic heterocycles. The van der Waals surface area contributed by atoms with Crippen LogP contribution >= 0.6 is 0 Å². The number of hydrogen-bond donors (Lipinski definition) is 1. The third-order valence-corrected chi connectivity index (χ3v) is 10.2. The van der Waals surface area contributed by atoms with Gasteiger partial charge in [0.2, 0.25) is 11.8 Å². The maximum absolute atomic E-state index is 14.4.